The van der Waals surface area contributed by atoms with Crippen molar-refractivity contribution in [3.8, 4) is 11.1 Å². The van der Waals surface area contributed by atoms with Gasteiger partial charge in [0.1, 0.15) is 0 Å². The minimum Gasteiger partial charge on any atom is -0.346 e. The molecule has 0 saturated carbocycles. The molecule has 3 rings (SSSR count). The Morgan fingerprint density at radius 1 is 1.00 bits per heavy atom. The van der Waals surface area contributed by atoms with E-state index in [1.807, 2.05) is 6.07 Å². The van der Waals surface area contributed by atoms with E-state index in [1.54, 1.807) is 14.2 Å². The summed E-state index contributed by atoms with van der Waals surface area (Å²) < 4.78 is 12.8. The van der Waals surface area contributed by atoms with Crippen LogP contribution in [0.4, 0.5) is 0 Å². The molecule has 0 atom stereocenters. The highest BCUT2D eigenvalue weighted by Gasteiger charge is 2.45. The topological polar surface area (TPSA) is 18.5 Å². The molecule has 0 heterocycles. The van der Waals surface area contributed by atoms with Crippen LogP contribution in [0.25, 0.3) is 11.1 Å². The van der Waals surface area contributed by atoms with Crippen LogP contribution in [0.15, 0.2) is 40.9 Å². The molecule has 104 valence electrons. The molecule has 0 bridgehead atoms. The van der Waals surface area contributed by atoms with Gasteiger partial charge in [-0.25, -0.2) is 0 Å². The van der Waals surface area contributed by atoms with E-state index < -0.39 is 5.79 Å². The molecule has 1 aliphatic rings. The molecule has 0 amide bonds. The van der Waals surface area contributed by atoms with E-state index in [9.17, 15) is 0 Å². The fourth-order valence-corrected chi connectivity index (χ4v) is 3.83. The predicted octanol–water partition coefficient (Wildman–Crippen LogP) is 4.49. The molecule has 0 spiro atoms. The summed E-state index contributed by atoms with van der Waals surface area (Å²) in [6, 6.07) is 12.5. The largest absolute Gasteiger partial charge is 0.346 e. The van der Waals surface area contributed by atoms with Crippen molar-refractivity contribution in [1.29, 1.82) is 0 Å². The third kappa shape index (κ3) is 1.63. The lowest BCUT2D eigenvalue weighted by Crippen LogP contribution is -2.31. The number of halogens is 1. The van der Waals surface area contributed by atoms with Crippen LogP contribution in [-0.2, 0) is 21.7 Å². The van der Waals surface area contributed by atoms with Crippen molar-refractivity contribution in [2.24, 2.45) is 0 Å². The van der Waals surface area contributed by atoms with Gasteiger partial charge in [0.15, 0.2) is 0 Å². The number of ether oxygens (including phenoxy) is 2. The van der Waals surface area contributed by atoms with Crippen LogP contribution >= 0.6 is 15.9 Å². The normalized spacial score (nSPS) is 15.0. The van der Waals surface area contributed by atoms with Gasteiger partial charge in [0.2, 0.25) is 5.79 Å². The lowest BCUT2D eigenvalue weighted by Gasteiger charge is -2.30. The van der Waals surface area contributed by atoms with Crippen LogP contribution in [0.2, 0.25) is 0 Å². The van der Waals surface area contributed by atoms with Crippen LogP contribution in [0.3, 0.4) is 0 Å². The number of methoxy groups -OCH3 is 2. The summed E-state index contributed by atoms with van der Waals surface area (Å²) in [5.74, 6) is -0.805. The van der Waals surface area contributed by atoms with E-state index in [1.165, 1.54) is 16.7 Å². The maximum Gasteiger partial charge on any atom is 0.223 e. The van der Waals surface area contributed by atoms with Crippen molar-refractivity contribution >= 4 is 15.9 Å². The third-order valence-electron chi connectivity index (χ3n) is 4.09. The maximum atomic E-state index is 5.86. The monoisotopic (exact) mass is 332 g/mol. The maximum absolute atomic E-state index is 5.86. The highest BCUT2D eigenvalue weighted by molar-refractivity contribution is 9.10. The summed E-state index contributed by atoms with van der Waals surface area (Å²) in [7, 11) is 3.41. The standard InChI is InChI=1S/C17H17BrO2/c1-4-11-15(18)10-9-13-12-7-5-6-8-14(12)17(19-2,20-3)16(11)13/h5-10H,4H2,1-3H3. The molecule has 3 heteroatoms. The predicted molar refractivity (Wildman–Crippen MR) is 83.8 cm³/mol. The Kier molecular flexibility index (Phi) is 3.44. The van der Waals surface area contributed by atoms with E-state index in [2.05, 4.69) is 53.2 Å². The van der Waals surface area contributed by atoms with E-state index in [0.717, 1.165) is 22.0 Å². The Bertz CT molecular complexity index is 660. The average molecular weight is 333 g/mol. The Morgan fingerprint density at radius 3 is 2.35 bits per heavy atom. The van der Waals surface area contributed by atoms with E-state index in [0.29, 0.717) is 0 Å². The van der Waals surface area contributed by atoms with Gasteiger partial charge in [-0.1, -0.05) is 53.2 Å². The van der Waals surface area contributed by atoms with E-state index in [4.69, 9.17) is 9.47 Å². The van der Waals surface area contributed by atoms with Crippen molar-refractivity contribution in [1.82, 2.24) is 0 Å². The zero-order valence-electron chi connectivity index (χ0n) is 11.9. The lowest BCUT2D eigenvalue weighted by atomic mass is 9.96. The molecule has 1 aliphatic carbocycles. The highest BCUT2D eigenvalue weighted by atomic mass is 79.9. The van der Waals surface area contributed by atoms with Crippen LogP contribution < -0.4 is 0 Å². The molecular weight excluding hydrogens is 316 g/mol. The molecule has 20 heavy (non-hydrogen) atoms. The molecule has 0 N–H and O–H groups in total. The summed E-state index contributed by atoms with van der Waals surface area (Å²) in [4.78, 5) is 0. The van der Waals surface area contributed by atoms with Crippen LogP contribution in [0.5, 0.6) is 0 Å². The van der Waals surface area contributed by atoms with Crippen molar-refractivity contribution in [2.75, 3.05) is 14.2 Å². The second kappa shape index (κ2) is 4.99. The van der Waals surface area contributed by atoms with Gasteiger partial charge in [-0.3, -0.25) is 0 Å². The lowest BCUT2D eigenvalue weighted by molar-refractivity contribution is -0.181. The summed E-state index contributed by atoms with van der Waals surface area (Å²) in [5, 5.41) is 0. The number of fused-ring (bicyclic) bond motifs is 3. The van der Waals surface area contributed by atoms with Gasteiger partial charge in [-0.2, -0.15) is 0 Å². The second-order valence-corrected chi connectivity index (χ2v) is 5.73. The Labute approximate surface area is 127 Å². The Morgan fingerprint density at radius 2 is 1.70 bits per heavy atom. The molecule has 2 aromatic carbocycles. The minimum atomic E-state index is -0.805. The van der Waals surface area contributed by atoms with E-state index >= 15 is 0 Å². The van der Waals surface area contributed by atoms with Gasteiger partial charge in [0, 0.05) is 29.8 Å². The summed E-state index contributed by atoms with van der Waals surface area (Å²) in [5.41, 5.74) is 5.83. The zero-order valence-corrected chi connectivity index (χ0v) is 13.5. The van der Waals surface area contributed by atoms with Gasteiger partial charge in [-0.05, 0) is 29.2 Å². The van der Waals surface area contributed by atoms with Gasteiger partial charge < -0.3 is 9.47 Å². The average Bonchev–Trinajstić information content (AvgIpc) is 2.78. The minimum absolute atomic E-state index is 0.805. The molecular formula is C17H17BrO2. The molecule has 0 fully saturated rings. The molecule has 0 aromatic heterocycles. The molecule has 2 nitrogen and oxygen atoms in total. The SMILES string of the molecule is CCc1c(Br)ccc2c1C(OC)(OC)c1ccccc1-2. The summed E-state index contributed by atoms with van der Waals surface area (Å²) >= 11 is 3.65. The molecule has 0 unspecified atom stereocenters. The fourth-order valence-electron chi connectivity index (χ4n) is 3.22. The van der Waals surface area contributed by atoms with Crippen molar-refractivity contribution < 1.29 is 9.47 Å². The number of hydrogen-bond acceptors (Lipinski definition) is 2. The first kappa shape index (κ1) is 13.8. The molecule has 0 radical (unpaired) electrons. The van der Waals surface area contributed by atoms with Crippen LogP contribution in [-0.4, -0.2) is 14.2 Å². The van der Waals surface area contributed by atoms with Crippen LogP contribution in [0.1, 0.15) is 23.6 Å². The third-order valence-corrected chi connectivity index (χ3v) is 4.83. The van der Waals surface area contributed by atoms with Gasteiger partial charge >= 0.3 is 0 Å². The fraction of sp³-hybridized carbons (Fsp3) is 0.294. The van der Waals surface area contributed by atoms with Gasteiger partial charge in [-0.15, -0.1) is 0 Å². The molecule has 0 saturated heterocycles. The Balaban J connectivity index is 2.43. The van der Waals surface area contributed by atoms with Gasteiger partial charge in [0.25, 0.3) is 0 Å². The Hall–Kier alpha value is -1.16. The van der Waals surface area contributed by atoms with Crippen molar-refractivity contribution in [3.05, 3.63) is 57.6 Å². The van der Waals surface area contributed by atoms with E-state index in [-0.39, 0.29) is 0 Å². The second-order valence-electron chi connectivity index (χ2n) is 4.87. The first-order valence-corrected chi connectivity index (χ1v) is 7.51. The number of rotatable bonds is 3. The molecule has 2 aromatic rings. The molecule has 0 aliphatic heterocycles. The smallest absolute Gasteiger partial charge is 0.223 e. The quantitative estimate of drug-likeness (QED) is 0.771. The summed E-state index contributed by atoms with van der Waals surface area (Å²) in [6.07, 6.45) is 0.923. The number of hydrogen-bond donors (Lipinski definition) is 0. The van der Waals surface area contributed by atoms with Gasteiger partial charge in [0.05, 0.1) is 0 Å². The highest BCUT2D eigenvalue weighted by Crippen LogP contribution is 2.52. The zero-order chi connectivity index (χ0) is 14.3. The van der Waals surface area contributed by atoms with Crippen LogP contribution in [0, 0.1) is 0 Å². The van der Waals surface area contributed by atoms with Crippen molar-refractivity contribution in [3.63, 3.8) is 0 Å². The first-order chi connectivity index (χ1) is 9.69. The number of benzene rings is 2. The first-order valence-electron chi connectivity index (χ1n) is 6.71. The summed E-state index contributed by atoms with van der Waals surface area (Å²) in [6.45, 7) is 2.15. The van der Waals surface area contributed by atoms with Crippen molar-refractivity contribution in [2.45, 2.75) is 19.1 Å².